The van der Waals surface area contributed by atoms with Gasteiger partial charge in [0.25, 0.3) is 0 Å². The maximum atomic E-state index is 12.8. The molecule has 1 aliphatic heterocycles. The van der Waals surface area contributed by atoms with Gasteiger partial charge in [0.05, 0.1) is 11.7 Å². The van der Waals surface area contributed by atoms with Gasteiger partial charge in [0.2, 0.25) is 0 Å². The molecule has 10 atom stereocenters. The van der Waals surface area contributed by atoms with E-state index in [9.17, 15) is 20.1 Å². The van der Waals surface area contributed by atoms with Crippen LogP contribution >= 0.6 is 0 Å². The second-order valence-corrected chi connectivity index (χ2v) is 14.6. The maximum Gasteiger partial charge on any atom is 0.158 e. The molecule has 0 spiro atoms. The Morgan fingerprint density at radius 2 is 1.77 bits per heavy atom. The number of fused-ring (bicyclic) bond motifs is 5. The lowest BCUT2D eigenvalue weighted by molar-refractivity contribution is -0.172. The van der Waals surface area contributed by atoms with Crippen LogP contribution < -0.4 is 0 Å². The summed E-state index contributed by atoms with van der Waals surface area (Å²) in [5.41, 5.74) is 0.409. The zero-order chi connectivity index (χ0) is 25.8. The van der Waals surface area contributed by atoms with E-state index in [1.165, 1.54) is 0 Å². The third-order valence-electron chi connectivity index (χ3n) is 12.4. The number of ketones is 1. The van der Waals surface area contributed by atoms with Gasteiger partial charge in [-0.05, 0) is 92.8 Å². The van der Waals surface area contributed by atoms with E-state index in [0.29, 0.717) is 36.4 Å². The van der Waals surface area contributed by atoms with Crippen LogP contribution in [0.4, 0.5) is 0 Å². The van der Waals surface area contributed by atoms with Gasteiger partial charge in [0.1, 0.15) is 11.9 Å². The van der Waals surface area contributed by atoms with Gasteiger partial charge < -0.3 is 20.1 Å². The first kappa shape index (κ1) is 25.9. The van der Waals surface area contributed by atoms with Crippen LogP contribution in [-0.4, -0.2) is 45.2 Å². The number of hydrogen-bond acceptors (Lipinski definition) is 5. The first-order valence-electron chi connectivity index (χ1n) is 14.0. The molecule has 3 N–H and O–H groups in total. The van der Waals surface area contributed by atoms with Crippen molar-refractivity contribution in [1.82, 2.24) is 0 Å². The largest absolute Gasteiger partial charge is 0.388 e. The van der Waals surface area contributed by atoms with E-state index in [-0.39, 0.29) is 27.6 Å². The number of ether oxygens (including phenoxy) is 1. The van der Waals surface area contributed by atoms with E-state index >= 15 is 0 Å². The third-order valence-corrected chi connectivity index (χ3v) is 12.4. The highest BCUT2D eigenvalue weighted by Crippen LogP contribution is 2.73. The van der Waals surface area contributed by atoms with Crippen LogP contribution in [0.15, 0.2) is 11.6 Å². The fourth-order valence-corrected chi connectivity index (χ4v) is 9.98. The summed E-state index contributed by atoms with van der Waals surface area (Å²) >= 11 is 0. The zero-order valence-corrected chi connectivity index (χ0v) is 22.9. The number of hydrogen-bond donors (Lipinski definition) is 3. The second-order valence-electron chi connectivity index (χ2n) is 14.6. The quantitative estimate of drug-likeness (QED) is 0.486. The van der Waals surface area contributed by atoms with E-state index in [1.54, 1.807) is 19.4 Å². The first-order chi connectivity index (χ1) is 16.1. The minimum atomic E-state index is -1.26. The monoisotopic (exact) mass is 488 g/mol. The number of aliphatic hydroxyl groups is 3. The van der Waals surface area contributed by atoms with E-state index in [2.05, 4.69) is 40.7 Å². The Morgan fingerprint density at radius 3 is 2.43 bits per heavy atom. The summed E-state index contributed by atoms with van der Waals surface area (Å²) in [6.45, 7) is 14.9. The number of rotatable bonds is 3. The van der Waals surface area contributed by atoms with Gasteiger partial charge in [-0.1, -0.05) is 46.3 Å². The van der Waals surface area contributed by atoms with Crippen LogP contribution in [0.5, 0.6) is 0 Å². The average Bonchev–Trinajstić information content (AvgIpc) is 3.26. The molecule has 5 nitrogen and oxygen atoms in total. The second kappa shape index (κ2) is 7.88. The van der Waals surface area contributed by atoms with Crippen LogP contribution in [0.2, 0.25) is 0 Å². The molecule has 0 aromatic rings. The molecule has 4 fully saturated rings. The lowest BCUT2D eigenvalue weighted by Gasteiger charge is -2.63. The van der Waals surface area contributed by atoms with Crippen molar-refractivity contribution in [2.24, 2.45) is 45.3 Å². The van der Waals surface area contributed by atoms with Gasteiger partial charge in [-0.25, -0.2) is 0 Å². The zero-order valence-electron chi connectivity index (χ0n) is 22.9. The molecule has 198 valence electrons. The van der Waals surface area contributed by atoms with Crippen molar-refractivity contribution in [3.8, 4) is 0 Å². The summed E-state index contributed by atoms with van der Waals surface area (Å²) in [5.74, 6) is 1.66. The van der Waals surface area contributed by atoms with E-state index in [1.807, 2.05) is 0 Å². The summed E-state index contributed by atoms with van der Waals surface area (Å²) in [4.78, 5) is 12.8. The molecule has 5 rings (SSSR count). The van der Waals surface area contributed by atoms with Crippen LogP contribution in [-0.2, 0) is 9.53 Å². The number of aliphatic hydroxyl groups excluding tert-OH is 2. The Bertz CT molecular complexity index is 916. The topological polar surface area (TPSA) is 87.0 Å². The molecule has 35 heavy (non-hydrogen) atoms. The van der Waals surface area contributed by atoms with Crippen molar-refractivity contribution in [2.45, 2.75) is 124 Å². The summed E-state index contributed by atoms with van der Waals surface area (Å²) < 4.78 is 5.86. The van der Waals surface area contributed by atoms with Crippen molar-refractivity contribution in [2.75, 3.05) is 0 Å². The Balaban J connectivity index is 1.44. The number of Topliss-reactive ketones (excluding diaryl/α,β-unsaturated/α-hetero) is 1. The van der Waals surface area contributed by atoms with Crippen molar-refractivity contribution >= 4 is 5.78 Å². The summed E-state index contributed by atoms with van der Waals surface area (Å²) in [7, 11) is 0. The van der Waals surface area contributed by atoms with Crippen LogP contribution in [0.3, 0.4) is 0 Å². The SMILES string of the molecule is CC(C)(O)[C@@H](O)[C@@H]1C[C@@H]([C@@H]2CC[C@]3(C)C4=CC[C@H]5C(C)(C)C(=O)CC[C@]5(C)[C@H]4CC[C@@]23C)[C@@H](O)O1. The highest BCUT2D eigenvalue weighted by atomic mass is 16.6. The molecule has 1 heterocycles. The fourth-order valence-electron chi connectivity index (χ4n) is 9.98. The normalized spacial score (nSPS) is 50.2. The van der Waals surface area contributed by atoms with Crippen molar-refractivity contribution in [3.63, 3.8) is 0 Å². The molecule has 5 heteroatoms. The predicted octanol–water partition coefficient (Wildman–Crippen LogP) is 5.02. The average molecular weight is 489 g/mol. The summed E-state index contributed by atoms with van der Waals surface area (Å²) in [6.07, 6.45) is 7.78. The molecular weight excluding hydrogens is 440 g/mol. The molecule has 0 unspecified atom stereocenters. The summed E-state index contributed by atoms with van der Waals surface area (Å²) in [6, 6.07) is 0. The van der Waals surface area contributed by atoms with Gasteiger partial charge in [0.15, 0.2) is 6.29 Å². The van der Waals surface area contributed by atoms with Gasteiger partial charge in [-0.15, -0.1) is 0 Å². The highest BCUT2D eigenvalue weighted by molar-refractivity contribution is 5.85. The van der Waals surface area contributed by atoms with E-state index in [0.717, 1.165) is 38.5 Å². The predicted molar refractivity (Wildman–Crippen MR) is 135 cm³/mol. The molecule has 5 aliphatic rings. The smallest absolute Gasteiger partial charge is 0.158 e. The van der Waals surface area contributed by atoms with Crippen molar-refractivity contribution in [3.05, 3.63) is 11.6 Å². The van der Waals surface area contributed by atoms with E-state index < -0.39 is 24.1 Å². The van der Waals surface area contributed by atoms with E-state index in [4.69, 9.17) is 4.74 Å². The molecule has 0 amide bonds. The fraction of sp³-hybridized carbons (Fsp3) is 0.900. The van der Waals surface area contributed by atoms with Crippen LogP contribution in [0.1, 0.15) is 99.8 Å². The first-order valence-corrected chi connectivity index (χ1v) is 14.0. The lowest BCUT2D eigenvalue weighted by Crippen LogP contribution is -2.57. The standard InChI is InChI=1S/C30H48O5/c1-26(2)22-9-8-20-19(28(22,5)13-12-23(26)31)11-15-29(6)18(10-14-30(20,29)7)17-16-21(35-25(17)33)24(32)27(3,4)34/h8,17-19,21-22,24-25,32-34H,9-16H2,1-7H3/t17-,18-,19-,21-,22-,24-,25-,28+,29-,30+/m0/s1. The minimum Gasteiger partial charge on any atom is -0.388 e. The Hall–Kier alpha value is -0.750. The Labute approximate surface area is 211 Å². The molecule has 0 aromatic heterocycles. The van der Waals surface area contributed by atoms with Crippen molar-refractivity contribution in [1.29, 1.82) is 0 Å². The van der Waals surface area contributed by atoms with Gasteiger partial charge >= 0.3 is 0 Å². The molecule has 0 radical (unpaired) electrons. The molecule has 0 aromatic carbocycles. The summed E-state index contributed by atoms with van der Waals surface area (Å²) in [5, 5.41) is 31.9. The van der Waals surface area contributed by atoms with Gasteiger partial charge in [-0.3, -0.25) is 4.79 Å². The highest BCUT2D eigenvalue weighted by Gasteiger charge is 2.66. The number of allylic oxidation sites excluding steroid dienone is 2. The van der Waals surface area contributed by atoms with Gasteiger partial charge in [0, 0.05) is 17.8 Å². The molecule has 1 saturated heterocycles. The molecular formula is C30H48O5. The third kappa shape index (κ3) is 3.43. The van der Waals surface area contributed by atoms with Gasteiger partial charge in [-0.2, -0.15) is 0 Å². The Kier molecular flexibility index (Phi) is 5.83. The van der Waals surface area contributed by atoms with Crippen LogP contribution in [0.25, 0.3) is 0 Å². The maximum absolute atomic E-state index is 12.8. The lowest BCUT2D eigenvalue weighted by atomic mass is 9.41. The number of carbonyl (C=O) groups excluding carboxylic acids is 1. The van der Waals surface area contributed by atoms with Crippen molar-refractivity contribution < 1.29 is 24.9 Å². The molecule has 3 saturated carbocycles. The minimum absolute atomic E-state index is 0.0286. The Morgan fingerprint density at radius 1 is 1.09 bits per heavy atom. The molecule has 4 aliphatic carbocycles. The number of carbonyl (C=O) groups is 1. The van der Waals surface area contributed by atoms with Crippen LogP contribution in [0, 0.1) is 45.3 Å². The molecule has 0 bridgehead atoms.